The van der Waals surface area contributed by atoms with Crippen LogP contribution in [0.4, 0.5) is 5.95 Å². The Morgan fingerprint density at radius 1 is 0.909 bits per heavy atom. The number of aromatic nitrogens is 2. The molecule has 1 aliphatic heterocycles. The van der Waals surface area contributed by atoms with E-state index in [0.717, 1.165) is 67.6 Å². The van der Waals surface area contributed by atoms with Crippen LogP contribution in [0.15, 0.2) is 66.7 Å². The van der Waals surface area contributed by atoms with Crippen LogP contribution in [0.5, 0.6) is 0 Å². The molecule has 5 rings (SSSR count). The summed E-state index contributed by atoms with van der Waals surface area (Å²) in [6.07, 6.45) is 5.59. The Balaban J connectivity index is 1.28. The van der Waals surface area contributed by atoms with Gasteiger partial charge in [-0.15, -0.1) is 0 Å². The number of carbonyl (C=O) groups is 1. The number of hydrogen-bond acceptors (Lipinski definition) is 5. The molecule has 2 aromatic carbocycles. The summed E-state index contributed by atoms with van der Waals surface area (Å²) in [7, 11) is 0. The normalized spacial score (nSPS) is 19.1. The summed E-state index contributed by atoms with van der Waals surface area (Å²) in [5, 5.41) is 0. The van der Waals surface area contributed by atoms with E-state index in [2.05, 4.69) is 64.4 Å². The lowest BCUT2D eigenvalue weighted by atomic mass is 9.85. The molecule has 2 aliphatic rings. The number of allylic oxidation sites excluding steroid dienone is 1. The standard InChI is InChI=1S/C28H30N4O/c1-21-27-25(18-24(19-26(27)33)13-12-22-8-4-2-5-9-22)30-28(29-21)32-16-14-31(15-17-32)20-23-10-6-3-7-11-23/h2-13,24H,14-20H2,1H3/b13-12+. The Bertz CT molecular complexity index is 1140. The Morgan fingerprint density at radius 3 is 2.33 bits per heavy atom. The Morgan fingerprint density at radius 2 is 1.61 bits per heavy atom. The van der Waals surface area contributed by atoms with Gasteiger partial charge in [0.2, 0.25) is 5.95 Å². The van der Waals surface area contributed by atoms with Crippen molar-refractivity contribution in [3.8, 4) is 0 Å². The molecule has 0 saturated carbocycles. The average molecular weight is 439 g/mol. The number of carbonyl (C=O) groups excluding carboxylic acids is 1. The van der Waals surface area contributed by atoms with Gasteiger partial charge in [-0.2, -0.15) is 0 Å². The number of benzene rings is 2. The molecule has 1 aromatic heterocycles. The van der Waals surface area contributed by atoms with E-state index in [1.165, 1.54) is 5.56 Å². The molecule has 5 heteroatoms. The molecule has 1 saturated heterocycles. The van der Waals surface area contributed by atoms with E-state index in [-0.39, 0.29) is 11.7 Å². The number of rotatable bonds is 5. The average Bonchev–Trinajstić information content (AvgIpc) is 2.84. The van der Waals surface area contributed by atoms with Crippen LogP contribution < -0.4 is 4.90 Å². The molecule has 168 valence electrons. The molecule has 1 unspecified atom stereocenters. The predicted molar refractivity (Wildman–Crippen MR) is 132 cm³/mol. The first kappa shape index (κ1) is 21.5. The Hall–Kier alpha value is -3.31. The van der Waals surface area contributed by atoms with E-state index in [1.807, 2.05) is 25.1 Å². The van der Waals surface area contributed by atoms with Crippen LogP contribution in [0.1, 0.15) is 39.3 Å². The Labute approximate surface area is 195 Å². The van der Waals surface area contributed by atoms with Gasteiger partial charge in [0.05, 0.1) is 17.0 Å². The lowest BCUT2D eigenvalue weighted by molar-refractivity contribution is 0.0956. The fourth-order valence-electron chi connectivity index (χ4n) is 4.82. The van der Waals surface area contributed by atoms with Crippen LogP contribution in [-0.4, -0.2) is 46.8 Å². The number of aryl methyl sites for hydroxylation is 1. The summed E-state index contributed by atoms with van der Waals surface area (Å²) in [5.41, 5.74) is 4.97. The lowest BCUT2D eigenvalue weighted by Gasteiger charge is -2.35. The van der Waals surface area contributed by atoms with Crippen molar-refractivity contribution < 1.29 is 4.79 Å². The number of Topliss-reactive ketones (excluding diaryl/α,β-unsaturated/α-hetero) is 1. The molecule has 0 N–H and O–H groups in total. The predicted octanol–water partition coefficient (Wildman–Crippen LogP) is 4.57. The highest BCUT2D eigenvalue weighted by atomic mass is 16.1. The van der Waals surface area contributed by atoms with Crippen molar-refractivity contribution in [2.45, 2.75) is 26.3 Å². The minimum atomic E-state index is 0.163. The minimum Gasteiger partial charge on any atom is -0.338 e. The molecular formula is C28H30N4O. The summed E-state index contributed by atoms with van der Waals surface area (Å²) in [5.74, 6) is 1.11. The number of ketones is 1. The zero-order valence-corrected chi connectivity index (χ0v) is 19.2. The topological polar surface area (TPSA) is 49.3 Å². The first-order chi connectivity index (χ1) is 16.2. The zero-order valence-electron chi connectivity index (χ0n) is 19.2. The van der Waals surface area contributed by atoms with Gasteiger partial charge in [0.1, 0.15) is 0 Å². The maximum Gasteiger partial charge on any atom is 0.225 e. The largest absolute Gasteiger partial charge is 0.338 e. The van der Waals surface area contributed by atoms with E-state index in [4.69, 9.17) is 9.97 Å². The third-order valence-electron chi connectivity index (χ3n) is 6.60. The van der Waals surface area contributed by atoms with Crippen LogP contribution in [0.25, 0.3) is 6.08 Å². The molecule has 0 bridgehead atoms. The molecule has 1 atom stereocenters. The van der Waals surface area contributed by atoms with Crippen molar-refractivity contribution in [3.05, 3.63) is 94.8 Å². The number of nitrogens with zero attached hydrogens (tertiary/aromatic N) is 4. The second-order valence-corrected chi connectivity index (χ2v) is 9.04. The molecule has 5 nitrogen and oxygen atoms in total. The van der Waals surface area contributed by atoms with E-state index in [0.29, 0.717) is 6.42 Å². The van der Waals surface area contributed by atoms with E-state index < -0.39 is 0 Å². The van der Waals surface area contributed by atoms with Gasteiger partial charge in [-0.05, 0) is 30.4 Å². The van der Waals surface area contributed by atoms with Gasteiger partial charge in [0.25, 0.3) is 0 Å². The highest BCUT2D eigenvalue weighted by Gasteiger charge is 2.29. The van der Waals surface area contributed by atoms with Crippen molar-refractivity contribution in [1.82, 2.24) is 14.9 Å². The molecule has 0 spiro atoms. The van der Waals surface area contributed by atoms with Crippen LogP contribution in [0.3, 0.4) is 0 Å². The molecular weight excluding hydrogens is 408 g/mol. The van der Waals surface area contributed by atoms with Crippen molar-refractivity contribution >= 4 is 17.8 Å². The van der Waals surface area contributed by atoms with Gasteiger partial charge < -0.3 is 4.90 Å². The molecule has 0 radical (unpaired) electrons. The molecule has 1 aliphatic carbocycles. The zero-order chi connectivity index (χ0) is 22.6. The molecule has 1 fully saturated rings. The van der Waals surface area contributed by atoms with Crippen molar-refractivity contribution in [1.29, 1.82) is 0 Å². The number of fused-ring (bicyclic) bond motifs is 1. The highest BCUT2D eigenvalue weighted by Crippen LogP contribution is 2.29. The molecule has 2 heterocycles. The van der Waals surface area contributed by atoms with E-state index >= 15 is 0 Å². The van der Waals surface area contributed by atoms with Crippen molar-refractivity contribution in [3.63, 3.8) is 0 Å². The third kappa shape index (κ3) is 5.04. The quantitative estimate of drug-likeness (QED) is 0.584. The monoisotopic (exact) mass is 438 g/mol. The fraction of sp³-hybridized carbons (Fsp3) is 0.321. The summed E-state index contributed by atoms with van der Waals surface area (Å²) >= 11 is 0. The first-order valence-electron chi connectivity index (χ1n) is 11.8. The van der Waals surface area contributed by atoms with Gasteiger partial charge in [-0.3, -0.25) is 9.69 Å². The minimum absolute atomic E-state index is 0.163. The number of hydrogen-bond donors (Lipinski definition) is 0. The fourth-order valence-corrected chi connectivity index (χ4v) is 4.82. The van der Waals surface area contributed by atoms with Gasteiger partial charge in [-0.1, -0.05) is 72.8 Å². The SMILES string of the molecule is Cc1nc(N2CCN(Cc3ccccc3)CC2)nc2c1C(=O)CC(/C=C/c1ccccc1)C2. The second kappa shape index (κ2) is 9.67. The third-order valence-corrected chi connectivity index (χ3v) is 6.60. The van der Waals surface area contributed by atoms with E-state index in [9.17, 15) is 4.79 Å². The van der Waals surface area contributed by atoms with Crippen molar-refractivity contribution in [2.24, 2.45) is 5.92 Å². The first-order valence-corrected chi connectivity index (χ1v) is 11.8. The number of anilines is 1. The highest BCUT2D eigenvalue weighted by molar-refractivity contribution is 5.99. The summed E-state index contributed by atoms with van der Waals surface area (Å²) in [6.45, 7) is 6.69. The van der Waals surface area contributed by atoms with Crippen LogP contribution in [0.2, 0.25) is 0 Å². The number of piperazine rings is 1. The van der Waals surface area contributed by atoms with Crippen LogP contribution in [0, 0.1) is 12.8 Å². The summed E-state index contributed by atoms with van der Waals surface area (Å²) < 4.78 is 0. The van der Waals surface area contributed by atoms with Gasteiger partial charge in [0, 0.05) is 39.1 Å². The maximum absolute atomic E-state index is 12.9. The summed E-state index contributed by atoms with van der Waals surface area (Å²) in [6, 6.07) is 20.9. The molecule has 0 amide bonds. The van der Waals surface area contributed by atoms with Gasteiger partial charge >= 0.3 is 0 Å². The molecule has 33 heavy (non-hydrogen) atoms. The van der Waals surface area contributed by atoms with E-state index in [1.54, 1.807) is 0 Å². The maximum atomic E-state index is 12.9. The van der Waals surface area contributed by atoms with Gasteiger partial charge in [-0.25, -0.2) is 9.97 Å². The second-order valence-electron chi connectivity index (χ2n) is 9.04. The van der Waals surface area contributed by atoms with Gasteiger partial charge in [0.15, 0.2) is 5.78 Å². The summed E-state index contributed by atoms with van der Waals surface area (Å²) in [4.78, 5) is 27.3. The lowest BCUT2D eigenvalue weighted by Crippen LogP contribution is -2.46. The molecule has 3 aromatic rings. The van der Waals surface area contributed by atoms with Crippen LogP contribution in [-0.2, 0) is 13.0 Å². The van der Waals surface area contributed by atoms with Crippen molar-refractivity contribution in [2.75, 3.05) is 31.1 Å². The Kier molecular flexibility index (Phi) is 6.31. The van der Waals surface area contributed by atoms with Crippen LogP contribution >= 0.6 is 0 Å². The smallest absolute Gasteiger partial charge is 0.225 e.